The van der Waals surface area contributed by atoms with Crippen LogP contribution in [0.4, 0.5) is 41.0 Å². The van der Waals surface area contributed by atoms with Crippen LogP contribution in [0.2, 0.25) is 0 Å². The van der Waals surface area contributed by atoms with E-state index in [1.807, 2.05) is 36.4 Å². The Morgan fingerprint density at radius 1 is 0.846 bits per heavy atom. The lowest BCUT2D eigenvalue weighted by Gasteiger charge is -2.16. The molecule has 0 unspecified atom stereocenters. The number of amides is 2. The molecule has 0 saturated heterocycles. The average molecular weight is 534 g/mol. The zero-order valence-corrected chi connectivity index (χ0v) is 20.9. The predicted molar refractivity (Wildman–Crippen MR) is 146 cm³/mol. The molecule has 1 heterocycles. The maximum absolute atomic E-state index is 13.0. The van der Waals surface area contributed by atoms with Gasteiger partial charge in [0.05, 0.1) is 16.8 Å². The van der Waals surface area contributed by atoms with E-state index in [4.69, 9.17) is 5.41 Å². The molecule has 0 saturated carbocycles. The summed E-state index contributed by atoms with van der Waals surface area (Å²) >= 11 is 0. The molecule has 8 nitrogen and oxygen atoms in total. The average Bonchev–Trinajstić information content (AvgIpc) is 2.92. The molecule has 0 bridgehead atoms. The van der Waals surface area contributed by atoms with Crippen LogP contribution in [0.5, 0.6) is 0 Å². The van der Waals surface area contributed by atoms with Crippen molar-refractivity contribution >= 4 is 34.8 Å². The van der Waals surface area contributed by atoms with Crippen LogP contribution in [0.1, 0.15) is 22.3 Å². The molecule has 0 fully saturated rings. The standard InChI is InChI=1S/C28H26F3N7O/c1-33-25-24(26(36-17-35-25)34-16-18-7-3-2-4-8-18)23(32)14-19-9-5-11-21(13-19)37-27(39)38-22-12-6-10-20(15-22)28(29,30)31/h2-13,15,17,32H,14,16H2,1H3,(H2,37,38,39)(H2,33,34,35,36). The number of hydrogen-bond donors (Lipinski definition) is 5. The van der Waals surface area contributed by atoms with Crippen LogP contribution in [0.3, 0.4) is 0 Å². The van der Waals surface area contributed by atoms with Crippen molar-refractivity contribution in [1.29, 1.82) is 5.41 Å². The summed E-state index contributed by atoms with van der Waals surface area (Å²) in [5, 5.41) is 20.1. The number of nitrogens with zero attached hydrogens (tertiary/aromatic N) is 2. The third-order valence-electron chi connectivity index (χ3n) is 5.70. The minimum atomic E-state index is -4.51. The molecule has 200 valence electrons. The van der Waals surface area contributed by atoms with E-state index in [2.05, 4.69) is 31.2 Å². The monoisotopic (exact) mass is 533 g/mol. The summed E-state index contributed by atoms with van der Waals surface area (Å²) < 4.78 is 38.9. The molecule has 39 heavy (non-hydrogen) atoms. The summed E-state index contributed by atoms with van der Waals surface area (Å²) in [6, 6.07) is 20.4. The third-order valence-corrected chi connectivity index (χ3v) is 5.70. The van der Waals surface area contributed by atoms with Gasteiger partial charge in [0.1, 0.15) is 18.0 Å². The van der Waals surface area contributed by atoms with Gasteiger partial charge in [-0.2, -0.15) is 13.2 Å². The molecule has 4 aromatic rings. The van der Waals surface area contributed by atoms with Crippen molar-refractivity contribution in [2.24, 2.45) is 0 Å². The van der Waals surface area contributed by atoms with Crippen LogP contribution in [0.15, 0.2) is 85.2 Å². The Morgan fingerprint density at radius 2 is 1.49 bits per heavy atom. The van der Waals surface area contributed by atoms with Crippen molar-refractivity contribution in [2.75, 3.05) is 28.3 Å². The first-order valence-corrected chi connectivity index (χ1v) is 12.0. The fraction of sp³-hybridized carbons (Fsp3) is 0.143. The SMILES string of the molecule is CNc1ncnc(NCc2ccccc2)c1C(=N)Cc1cccc(NC(=O)Nc2cccc(C(F)(F)F)c2)c1. The number of aromatic nitrogens is 2. The normalized spacial score (nSPS) is 11.0. The Hall–Kier alpha value is -4.93. The topological polar surface area (TPSA) is 115 Å². The largest absolute Gasteiger partial charge is 0.416 e. The molecular formula is C28H26F3N7O. The summed E-state index contributed by atoms with van der Waals surface area (Å²) in [4.78, 5) is 21.0. The summed E-state index contributed by atoms with van der Waals surface area (Å²) in [5.41, 5.74) is 2.14. The number of urea groups is 1. The molecule has 5 N–H and O–H groups in total. The number of anilines is 4. The molecule has 0 radical (unpaired) electrons. The molecule has 2 amide bonds. The smallest absolute Gasteiger partial charge is 0.372 e. The summed E-state index contributed by atoms with van der Waals surface area (Å²) in [6.07, 6.45) is -2.88. The lowest BCUT2D eigenvalue weighted by Crippen LogP contribution is -2.20. The first kappa shape index (κ1) is 27.1. The van der Waals surface area contributed by atoms with Gasteiger partial charge in [0.2, 0.25) is 0 Å². The molecule has 0 aliphatic heterocycles. The van der Waals surface area contributed by atoms with E-state index >= 15 is 0 Å². The van der Waals surface area contributed by atoms with E-state index in [0.29, 0.717) is 29.4 Å². The van der Waals surface area contributed by atoms with Crippen molar-refractivity contribution in [3.8, 4) is 0 Å². The molecule has 0 atom stereocenters. The molecule has 4 rings (SSSR count). The summed E-state index contributed by atoms with van der Waals surface area (Å²) in [5.74, 6) is 1.01. The molecule has 0 spiro atoms. The van der Waals surface area contributed by atoms with Gasteiger partial charge >= 0.3 is 12.2 Å². The number of alkyl halides is 3. The number of benzene rings is 3. The number of rotatable bonds is 9. The molecule has 11 heteroatoms. The Bertz CT molecular complexity index is 1460. The Morgan fingerprint density at radius 3 is 2.18 bits per heavy atom. The van der Waals surface area contributed by atoms with E-state index < -0.39 is 17.8 Å². The van der Waals surface area contributed by atoms with E-state index in [1.165, 1.54) is 18.5 Å². The Balaban J connectivity index is 1.45. The highest BCUT2D eigenvalue weighted by molar-refractivity contribution is 6.07. The number of halogens is 3. The second kappa shape index (κ2) is 12.1. The zero-order chi connectivity index (χ0) is 27.8. The van der Waals surface area contributed by atoms with Crippen molar-refractivity contribution in [3.63, 3.8) is 0 Å². The van der Waals surface area contributed by atoms with Crippen LogP contribution < -0.4 is 21.3 Å². The second-order valence-electron chi connectivity index (χ2n) is 8.55. The van der Waals surface area contributed by atoms with Gasteiger partial charge in [0, 0.05) is 31.4 Å². The van der Waals surface area contributed by atoms with Crippen LogP contribution in [0, 0.1) is 5.41 Å². The van der Waals surface area contributed by atoms with Gasteiger partial charge in [-0.15, -0.1) is 0 Å². The molecular weight excluding hydrogens is 507 g/mol. The molecule has 0 aliphatic carbocycles. The van der Waals surface area contributed by atoms with Crippen molar-refractivity contribution in [3.05, 3.63) is 107 Å². The molecule has 3 aromatic carbocycles. The summed E-state index contributed by atoms with van der Waals surface area (Å²) in [6.45, 7) is 0.516. The Labute approximate surface area is 223 Å². The van der Waals surface area contributed by atoms with Gasteiger partial charge in [0.15, 0.2) is 0 Å². The van der Waals surface area contributed by atoms with Crippen molar-refractivity contribution < 1.29 is 18.0 Å². The van der Waals surface area contributed by atoms with Crippen molar-refractivity contribution in [1.82, 2.24) is 9.97 Å². The number of nitrogens with one attached hydrogen (secondary N) is 5. The maximum Gasteiger partial charge on any atom is 0.416 e. The zero-order valence-electron chi connectivity index (χ0n) is 20.9. The fourth-order valence-electron chi connectivity index (χ4n) is 3.89. The van der Waals surface area contributed by atoms with Gasteiger partial charge in [-0.1, -0.05) is 48.5 Å². The summed E-state index contributed by atoms with van der Waals surface area (Å²) in [7, 11) is 1.72. The first-order chi connectivity index (χ1) is 18.7. The van der Waals surface area contributed by atoms with Gasteiger partial charge in [0.25, 0.3) is 0 Å². The number of hydrogen-bond acceptors (Lipinski definition) is 6. The minimum absolute atomic E-state index is 0.0134. The Kier molecular flexibility index (Phi) is 8.40. The number of carbonyl (C=O) groups is 1. The van der Waals surface area contributed by atoms with Gasteiger partial charge in [-0.25, -0.2) is 14.8 Å². The fourth-order valence-corrected chi connectivity index (χ4v) is 3.89. The van der Waals surface area contributed by atoms with Crippen molar-refractivity contribution in [2.45, 2.75) is 19.1 Å². The lowest BCUT2D eigenvalue weighted by molar-refractivity contribution is -0.137. The maximum atomic E-state index is 13.0. The van der Waals surface area contributed by atoms with Crippen LogP contribution >= 0.6 is 0 Å². The quantitative estimate of drug-likeness (QED) is 0.160. The molecule has 1 aromatic heterocycles. The predicted octanol–water partition coefficient (Wildman–Crippen LogP) is 6.40. The van der Waals surface area contributed by atoms with Gasteiger partial charge < -0.3 is 26.7 Å². The van der Waals surface area contributed by atoms with Crippen LogP contribution in [-0.2, 0) is 19.1 Å². The third kappa shape index (κ3) is 7.31. The van der Waals surface area contributed by atoms with Gasteiger partial charge in [-0.05, 0) is 41.5 Å². The van der Waals surface area contributed by atoms with Crippen LogP contribution in [0.25, 0.3) is 0 Å². The van der Waals surface area contributed by atoms with Crippen LogP contribution in [-0.4, -0.2) is 28.8 Å². The first-order valence-electron chi connectivity index (χ1n) is 12.0. The van der Waals surface area contributed by atoms with Gasteiger partial charge in [-0.3, -0.25) is 0 Å². The highest BCUT2D eigenvalue weighted by atomic mass is 19.4. The van der Waals surface area contributed by atoms with E-state index in [1.54, 1.807) is 25.2 Å². The van der Waals surface area contributed by atoms with E-state index in [-0.39, 0.29) is 17.8 Å². The highest BCUT2D eigenvalue weighted by Gasteiger charge is 2.30. The van der Waals surface area contributed by atoms with E-state index in [0.717, 1.165) is 23.3 Å². The van der Waals surface area contributed by atoms with E-state index in [9.17, 15) is 18.0 Å². The highest BCUT2D eigenvalue weighted by Crippen LogP contribution is 2.30. The minimum Gasteiger partial charge on any atom is -0.372 e. The lowest BCUT2D eigenvalue weighted by atomic mass is 10.0. The second-order valence-corrected chi connectivity index (χ2v) is 8.55. The number of carbonyl (C=O) groups excluding carboxylic acids is 1. The molecule has 0 aliphatic rings.